The summed E-state index contributed by atoms with van der Waals surface area (Å²) in [5.41, 5.74) is 1.46. The monoisotopic (exact) mass is 327 g/mol. The summed E-state index contributed by atoms with van der Waals surface area (Å²) in [7, 11) is -2.01. The summed E-state index contributed by atoms with van der Waals surface area (Å²) in [5, 5.41) is 0. The lowest BCUT2D eigenvalue weighted by Crippen LogP contribution is -2.11. The smallest absolute Gasteiger partial charge is 0.271 e. The summed E-state index contributed by atoms with van der Waals surface area (Å²) in [6.45, 7) is 3.95. The predicted molar refractivity (Wildman–Crippen MR) is 83.5 cm³/mol. The molecule has 5 nitrogen and oxygen atoms in total. The van der Waals surface area contributed by atoms with Gasteiger partial charge in [-0.3, -0.25) is 4.72 Å². The molecule has 0 atom stereocenters. The molecule has 114 valence electrons. The van der Waals surface area contributed by atoms with Crippen molar-refractivity contribution in [1.29, 1.82) is 0 Å². The van der Waals surface area contributed by atoms with Gasteiger partial charge in [-0.2, -0.15) is 0 Å². The predicted octanol–water partition coefficient (Wildman–Crippen LogP) is 3.15. The zero-order valence-electron chi connectivity index (χ0n) is 12.0. The molecule has 2 aromatic rings. The number of thiophene rings is 1. The van der Waals surface area contributed by atoms with Crippen LogP contribution in [0.3, 0.4) is 0 Å². The third-order valence-electron chi connectivity index (χ3n) is 2.86. The maximum absolute atomic E-state index is 12.3. The summed E-state index contributed by atoms with van der Waals surface area (Å²) >= 11 is 1.26. The van der Waals surface area contributed by atoms with E-state index in [9.17, 15) is 8.42 Å². The first-order valence-electron chi connectivity index (χ1n) is 6.24. The highest BCUT2D eigenvalue weighted by Gasteiger charge is 2.17. The van der Waals surface area contributed by atoms with Crippen LogP contribution in [0.5, 0.6) is 5.75 Å². The fourth-order valence-corrected chi connectivity index (χ4v) is 4.20. The first-order chi connectivity index (χ1) is 9.92. The summed E-state index contributed by atoms with van der Waals surface area (Å²) in [5.74, 6) is 0.614. The van der Waals surface area contributed by atoms with E-state index >= 15 is 0 Å². The summed E-state index contributed by atoms with van der Waals surface area (Å²) < 4.78 is 37.5. The van der Waals surface area contributed by atoms with Crippen LogP contribution in [0.4, 0.5) is 5.69 Å². The molecule has 1 aromatic heterocycles. The lowest BCUT2D eigenvalue weighted by atomic mass is 10.3. The number of sulfonamides is 1. The van der Waals surface area contributed by atoms with E-state index in [4.69, 9.17) is 9.47 Å². The molecule has 1 aromatic carbocycles. The van der Waals surface area contributed by atoms with Gasteiger partial charge in [-0.25, -0.2) is 8.42 Å². The quantitative estimate of drug-likeness (QED) is 0.828. The van der Waals surface area contributed by atoms with Crippen LogP contribution in [0, 0.1) is 13.8 Å². The first-order valence-corrected chi connectivity index (χ1v) is 8.54. The van der Waals surface area contributed by atoms with Gasteiger partial charge in [-0.1, -0.05) is 0 Å². The van der Waals surface area contributed by atoms with Crippen LogP contribution in [0.25, 0.3) is 0 Å². The Morgan fingerprint density at radius 3 is 2.38 bits per heavy atom. The summed E-state index contributed by atoms with van der Waals surface area (Å²) in [6.07, 6.45) is 0. The molecule has 0 saturated heterocycles. The number of methoxy groups -OCH3 is 1. The molecular weight excluding hydrogens is 310 g/mol. The van der Waals surface area contributed by atoms with E-state index in [0.717, 1.165) is 10.4 Å². The van der Waals surface area contributed by atoms with E-state index < -0.39 is 10.0 Å². The Morgan fingerprint density at radius 1 is 1.19 bits per heavy atom. The molecule has 0 fully saturated rings. The molecule has 2 rings (SSSR count). The molecular formula is C14H17NO4S2. The normalized spacial score (nSPS) is 11.4. The maximum atomic E-state index is 12.3. The topological polar surface area (TPSA) is 64.6 Å². The Labute approximate surface area is 128 Å². The highest BCUT2D eigenvalue weighted by Crippen LogP contribution is 2.27. The first kappa shape index (κ1) is 15.8. The van der Waals surface area contributed by atoms with Gasteiger partial charge >= 0.3 is 0 Å². The Hall–Kier alpha value is -1.57. The number of benzene rings is 1. The fourth-order valence-electron chi connectivity index (χ4n) is 1.62. The highest BCUT2D eigenvalue weighted by molar-refractivity contribution is 7.94. The standard InChI is InChI=1S/C14H17NO4S2/c1-10-8-14(20-11(10)2)21(16,17)15-12-4-6-13(7-5-12)19-9-18-3/h4-8,15H,9H2,1-3H3. The van der Waals surface area contributed by atoms with E-state index in [-0.39, 0.29) is 6.79 Å². The average molecular weight is 327 g/mol. The van der Waals surface area contributed by atoms with E-state index in [1.165, 1.54) is 18.4 Å². The molecule has 0 aliphatic heterocycles. The minimum absolute atomic E-state index is 0.152. The third-order valence-corrected chi connectivity index (χ3v) is 5.87. The van der Waals surface area contributed by atoms with Crippen LogP contribution >= 0.6 is 11.3 Å². The Morgan fingerprint density at radius 2 is 1.86 bits per heavy atom. The number of hydrogen-bond donors (Lipinski definition) is 1. The van der Waals surface area contributed by atoms with Crippen molar-refractivity contribution in [1.82, 2.24) is 0 Å². The lowest BCUT2D eigenvalue weighted by molar-refractivity contribution is 0.0511. The Kier molecular flexibility index (Phi) is 4.87. The SMILES string of the molecule is COCOc1ccc(NS(=O)(=O)c2cc(C)c(C)s2)cc1. The molecule has 0 aliphatic rings. The molecule has 7 heteroatoms. The minimum Gasteiger partial charge on any atom is -0.468 e. The van der Waals surface area contributed by atoms with Crippen LogP contribution in [0.1, 0.15) is 10.4 Å². The average Bonchev–Trinajstić information content (AvgIpc) is 2.78. The molecule has 21 heavy (non-hydrogen) atoms. The van der Waals surface area contributed by atoms with Crippen molar-refractivity contribution in [2.75, 3.05) is 18.6 Å². The van der Waals surface area contributed by atoms with Crippen LogP contribution in [-0.2, 0) is 14.8 Å². The number of nitrogens with one attached hydrogen (secondary N) is 1. The molecule has 1 heterocycles. The summed E-state index contributed by atoms with van der Waals surface area (Å²) in [6, 6.07) is 8.34. The van der Waals surface area contributed by atoms with Crippen molar-refractivity contribution in [2.24, 2.45) is 0 Å². The van der Waals surface area contributed by atoms with Crippen molar-refractivity contribution in [3.63, 3.8) is 0 Å². The molecule has 0 saturated carbocycles. The zero-order chi connectivity index (χ0) is 15.5. The second-order valence-electron chi connectivity index (χ2n) is 4.49. The van der Waals surface area contributed by atoms with Gasteiger partial charge in [0.15, 0.2) is 6.79 Å². The Bertz CT molecular complexity index is 686. The molecule has 0 unspecified atom stereocenters. The zero-order valence-corrected chi connectivity index (χ0v) is 13.7. The van der Waals surface area contributed by atoms with E-state index in [1.807, 2.05) is 13.8 Å². The number of hydrogen-bond acceptors (Lipinski definition) is 5. The number of anilines is 1. The van der Waals surface area contributed by atoms with Gasteiger partial charge in [0, 0.05) is 17.7 Å². The number of aryl methyl sites for hydroxylation is 2. The molecule has 0 radical (unpaired) electrons. The molecule has 0 spiro atoms. The molecule has 1 N–H and O–H groups in total. The fraction of sp³-hybridized carbons (Fsp3) is 0.286. The Balaban J connectivity index is 2.13. The number of ether oxygens (including phenoxy) is 2. The van der Waals surface area contributed by atoms with Crippen molar-refractivity contribution in [3.8, 4) is 5.75 Å². The van der Waals surface area contributed by atoms with Gasteiger partial charge < -0.3 is 9.47 Å². The largest absolute Gasteiger partial charge is 0.468 e. The summed E-state index contributed by atoms with van der Waals surface area (Å²) in [4.78, 5) is 0.999. The van der Waals surface area contributed by atoms with Crippen molar-refractivity contribution >= 4 is 27.0 Å². The van der Waals surface area contributed by atoms with Gasteiger partial charge in [0.05, 0.1) is 0 Å². The van der Waals surface area contributed by atoms with Gasteiger partial charge in [-0.15, -0.1) is 11.3 Å². The van der Waals surface area contributed by atoms with E-state index in [0.29, 0.717) is 15.6 Å². The minimum atomic E-state index is -3.54. The van der Waals surface area contributed by atoms with Crippen molar-refractivity contribution in [3.05, 3.63) is 40.8 Å². The van der Waals surface area contributed by atoms with Gasteiger partial charge in [0.2, 0.25) is 0 Å². The van der Waals surface area contributed by atoms with E-state index in [2.05, 4.69) is 4.72 Å². The third kappa shape index (κ3) is 3.96. The van der Waals surface area contributed by atoms with Gasteiger partial charge in [0.25, 0.3) is 10.0 Å². The van der Waals surface area contributed by atoms with Crippen LogP contribution in [-0.4, -0.2) is 22.3 Å². The van der Waals surface area contributed by atoms with Gasteiger partial charge in [-0.05, 0) is 49.7 Å². The van der Waals surface area contributed by atoms with Crippen LogP contribution in [0.2, 0.25) is 0 Å². The second kappa shape index (κ2) is 6.46. The maximum Gasteiger partial charge on any atom is 0.271 e. The van der Waals surface area contributed by atoms with Crippen LogP contribution in [0.15, 0.2) is 34.5 Å². The lowest BCUT2D eigenvalue weighted by Gasteiger charge is -2.08. The highest BCUT2D eigenvalue weighted by atomic mass is 32.2. The van der Waals surface area contributed by atoms with Crippen LogP contribution < -0.4 is 9.46 Å². The van der Waals surface area contributed by atoms with Crippen molar-refractivity contribution in [2.45, 2.75) is 18.1 Å². The molecule has 0 aliphatic carbocycles. The second-order valence-corrected chi connectivity index (χ2v) is 7.65. The molecule has 0 amide bonds. The number of rotatable bonds is 6. The van der Waals surface area contributed by atoms with Gasteiger partial charge in [0.1, 0.15) is 9.96 Å². The van der Waals surface area contributed by atoms with E-state index in [1.54, 1.807) is 30.3 Å². The molecule has 0 bridgehead atoms. The van der Waals surface area contributed by atoms with Crippen molar-refractivity contribution < 1.29 is 17.9 Å².